The smallest absolute Gasteiger partial charge is 0.418 e. The van der Waals surface area contributed by atoms with Crippen LogP contribution < -0.4 is 5.32 Å². The molecule has 2 atom stereocenters. The fourth-order valence-electron chi connectivity index (χ4n) is 3.45. The molecule has 0 saturated carbocycles. The van der Waals surface area contributed by atoms with E-state index in [0.29, 0.717) is 17.2 Å². The molecule has 0 aromatic heterocycles. The lowest BCUT2D eigenvalue weighted by atomic mass is 10.1. The first kappa shape index (κ1) is 27.9. The highest BCUT2D eigenvalue weighted by Crippen LogP contribution is 2.34. The van der Waals surface area contributed by atoms with Crippen molar-refractivity contribution in [3.05, 3.63) is 101 Å². The van der Waals surface area contributed by atoms with Crippen LogP contribution in [0.5, 0.6) is 0 Å². The number of para-hydroxylation sites is 1. The quantitative estimate of drug-likeness (QED) is 0.403. The molecule has 0 saturated heterocycles. The first-order chi connectivity index (χ1) is 17.9. The van der Waals surface area contributed by atoms with Crippen LogP contribution in [-0.4, -0.2) is 41.1 Å². The van der Waals surface area contributed by atoms with E-state index in [1.54, 1.807) is 26.0 Å². The van der Waals surface area contributed by atoms with E-state index < -0.39 is 53.5 Å². The SMILES string of the molecule is Cc1cccc(C(=O)O[C@H](C(=O)O)[C@@H](OC(=O)c2cccc(C)c2)C(=O)Nc2ccccc2C(F)(F)F)c1. The molecule has 0 fully saturated rings. The third-order valence-electron chi connectivity index (χ3n) is 5.24. The summed E-state index contributed by atoms with van der Waals surface area (Å²) in [6.45, 7) is 3.34. The summed E-state index contributed by atoms with van der Waals surface area (Å²) >= 11 is 0. The Labute approximate surface area is 215 Å². The van der Waals surface area contributed by atoms with Crippen molar-refractivity contribution in [1.82, 2.24) is 0 Å². The van der Waals surface area contributed by atoms with Crippen LogP contribution in [0.15, 0.2) is 72.8 Å². The largest absolute Gasteiger partial charge is 0.478 e. The number of carboxylic acids is 1. The number of amides is 1. The maximum atomic E-state index is 13.4. The van der Waals surface area contributed by atoms with Gasteiger partial charge < -0.3 is 19.9 Å². The highest BCUT2D eigenvalue weighted by molar-refractivity contribution is 6.02. The van der Waals surface area contributed by atoms with Crippen molar-refractivity contribution in [2.45, 2.75) is 32.2 Å². The number of ether oxygens (including phenoxy) is 2. The minimum atomic E-state index is -4.86. The van der Waals surface area contributed by atoms with Crippen LogP contribution >= 0.6 is 0 Å². The average molecular weight is 529 g/mol. The Bertz CT molecular complexity index is 1370. The zero-order chi connectivity index (χ0) is 28.0. The van der Waals surface area contributed by atoms with Crippen LogP contribution in [0.3, 0.4) is 0 Å². The summed E-state index contributed by atoms with van der Waals surface area (Å²) in [6.07, 6.45) is -9.60. The monoisotopic (exact) mass is 529 g/mol. The Hall–Kier alpha value is -4.67. The number of halogens is 3. The molecule has 0 spiro atoms. The number of aryl methyl sites for hydroxylation is 2. The van der Waals surface area contributed by atoms with Gasteiger partial charge in [-0.15, -0.1) is 0 Å². The summed E-state index contributed by atoms with van der Waals surface area (Å²) in [4.78, 5) is 50.7. The summed E-state index contributed by atoms with van der Waals surface area (Å²) in [7, 11) is 0. The molecule has 0 radical (unpaired) electrons. The Kier molecular flexibility index (Phi) is 8.51. The van der Waals surface area contributed by atoms with Gasteiger partial charge in [0, 0.05) is 0 Å². The van der Waals surface area contributed by atoms with E-state index in [0.717, 1.165) is 12.1 Å². The van der Waals surface area contributed by atoms with E-state index in [9.17, 15) is 37.5 Å². The summed E-state index contributed by atoms with van der Waals surface area (Å²) in [6, 6.07) is 15.8. The van der Waals surface area contributed by atoms with E-state index in [1.165, 1.54) is 42.5 Å². The van der Waals surface area contributed by atoms with Crippen LogP contribution in [-0.2, 0) is 25.2 Å². The van der Waals surface area contributed by atoms with Gasteiger partial charge in [0.2, 0.25) is 12.2 Å². The zero-order valence-electron chi connectivity index (χ0n) is 20.1. The Morgan fingerprint density at radius 3 is 1.74 bits per heavy atom. The molecule has 38 heavy (non-hydrogen) atoms. The highest BCUT2D eigenvalue weighted by Gasteiger charge is 2.42. The van der Waals surface area contributed by atoms with Crippen LogP contribution in [0.1, 0.15) is 37.4 Å². The number of rotatable bonds is 8. The maximum Gasteiger partial charge on any atom is 0.418 e. The lowest BCUT2D eigenvalue weighted by molar-refractivity contribution is -0.157. The molecular weight excluding hydrogens is 507 g/mol. The normalized spacial score (nSPS) is 12.7. The second-order valence-electron chi connectivity index (χ2n) is 8.26. The molecule has 2 N–H and O–H groups in total. The number of carbonyl (C=O) groups is 4. The first-order valence-electron chi connectivity index (χ1n) is 11.1. The van der Waals surface area contributed by atoms with Gasteiger partial charge in [0.15, 0.2) is 0 Å². The summed E-state index contributed by atoms with van der Waals surface area (Å²) in [5, 5.41) is 11.7. The molecular formula is C27H22F3NO7. The maximum absolute atomic E-state index is 13.4. The number of hydrogen-bond acceptors (Lipinski definition) is 6. The predicted octanol–water partition coefficient (Wildman–Crippen LogP) is 4.80. The predicted molar refractivity (Wildman–Crippen MR) is 128 cm³/mol. The highest BCUT2D eigenvalue weighted by atomic mass is 19.4. The molecule has 3 aromatic carbocycles. The van der Waals surface area contributed by atoms with Crippen molar-refractivity contribution in [2.75, 3.05) is 5.32 Å². The molecule has 0 bridgehead atoms. The van der Waals surface area contributed by atoms with Gasteiger partial charge in [0.25, 0.3) is 5.91 Å². The van der Waals surface area contributed by atoms with Gasteiger partial charge in [-0.25, -0.2) is 14.4 Å². The molecule has 0 unspecified atom stereocenters. The summed E-state index contributed by atoms with van der Waals surface area (Å²) in [5.74, 6) is -5.63. The van der Waals surface area contributed by atoms with Crippen molar-refractivity contribution in [1.29, 1.82) is 0 Å². The van der Waals surface area contributed by atoms with Crippen LogP contribution in [0.2, 0.25) is 0 Å². The molecule has 0 aliphatic carbocycles. The lowest BCUT2D eigenvalue weighted by Gasteiger charge is -2.24. The van der Waals surface area contributed by atoms with Crippen molar-refractivity contribution in [3.8, 4) is 0 Å². The van der Waals surface area contributed by atoms with Crippen molar-refractivity contribution in [2.24, 2.45) is 0 Å². The number of anilines is 1. The fourth-order valence-corrected chi connectivity index (χ4v) is 3.45. The van der Waals surface area contributed by atoms with Crippen LogP contribution in [0, 0.1) is 13.8 Å². The third-order valence-corrected chi connectivity index (χ3v) is 5.24. The lowest BCUT2D eigenvalue weighted by Crippen LogP contribution is -2.48. The minimum Gasteiger partial charge on any atom is -0.478 e. The number of nitrogens with one attached hydrogen (secondary N) is 1. The van der Waals surface area contributed by atoms with Gasteiger partial charge in [0.05, 0.1) is 22.4 Å². The standard InChI is InChI=1S/C27H22F3NO7/c1-15-7-5-9-17(13-15)25(35)37-21(23(32)31-20-12-4-3-11-19(20)27(28,29)30)22(24(33)34)38-26(36)18-10-6-8-16(2)14-18/h3-14,21-22H,1-2H3,(H,31,32)(H,33,34)/t21-,22+/m1/s1. The van der Waals surface area contributed by atoms with Gasteiger partial charge in [-0.3, -0.25) is 4.79 Å². The average Bonchev–Trinajstić information content (AvgIpc) is 2.85. The number of esters is 2. The number of carbonyl (C=O) groups excluding carboxylic acids is 3. The van der Waals surface area contributed by atoms with E-state index in [1.807, 2.05) is 5.32 Å². The fraction of sp³-hybridized carbons (Fsp3) is 0.185. The van der Waals surface area contributed by atoms with Crippen molar-refractivity contribution < 1.29 is 46.9 Å². The molecule has 8 nitrogen and oxygen atoms in total. The summed E-state index contributed by atoms with van der Waals surface area (Å²) < 4.78 is 50.5. The molecule has 3 aromatic rings. The van der Waals surface area contributed by atoms with Gasteiger partial charge in [-0.2, -0.15) is 13.2 Å². The third kappa shape index (κ3) is 6.96. The number of carboxylic acid groups (broad SMARTS) is 1. The van der Waals surface area contributed by atoms with E-state index in [4.69, 9.17) is 9.47 Å². The number of alkyl halides is 3. The van der Waals surface area contributed by atoms with Gasteiger partial charge in [-0.1, -0.05) is 47.5 Å². The molecule has 0 aliphatic heterocycles. The van der Waals surface area contributed by atoms with Crippen molar-refractivity contribution >= 4 is 29.5 Å². The number of hydrogen-bond donors (Lipinski definition) is 2. The Morgan fingerprint density at radius 2 is 1.26 bits per heavy atom. The topological polar surface area (TPSA) is 119 Å². The van der Waals surface area contributed by atoms with E-state index >= 15 is 0 Å². The van der Waals surface area contributed by atoms with E-state index in [2.05, 4.69) is 0 Å². The molecule has 3 rings (SSSR count). The number of aliphatic carboxylic acids is 1. The second-order valence-corrected chi connectivity index (χ2v) is 8.26. The first-order valence-corrected chi connectivity index (χ1v) is 11.1. The molecule has 11 heteroatoms. The minimum absolute atomic E-state index is 0.0529. The molecule has 0 aliphatic rings. The number of benzene rings is 3. The zero-order valence-corrected chi connectivity index (χ0v) is 20.1. The van der Waals surface area contributed by atoms with Gasteiger partial charge in [0.1, 0.15) is 0 Å². The second kappa shape index (κ2) is 11.6. The van der Waals surface area contributed by atoms with Crippen molar-refractivity contribution in [3.63, 3.8) is 0 Å². The summed E-state index contributed by atoms with van der Waals surface area (Å²) in [5.41, 5.74) is -0.762. The van der Waals surface area contributed by atoms with Gasteiger partial charge in [-0.05, 0) is 50.2 Å². The Morgan fingerprint density at radius 1 is 0.763 bits per heavy atom. The van der Waals surface area contributed by atoms with E-state index in [-0.39, 0.29) is 11.1 Å². The molecule has 198 valence electrons. The molecule has 1 amide bonds. The van der Waals surface area contributed by atoms with Crippen LogP contribution in [0.4, 0.5) is 18.9 Å². The molecule has 0 heterocycles. The Balaban J connectivity index is 1.98. The van der Waals surface area contributed by atoms with Gasteiger partial charge >= 0.3 is 24.1 Å². The van der Waals surface area contributed by atoms with Crippen LogP contribution in [0.25, 0.3) is 0 Å².